The second-order valence-electron chi connectivity index (χ2n) is 7.94. The van der Waals surface area contributed by atoms with E-state index in [0.717, 1.165) is 11.1 Å². The van der Waals surface area contributed by atoms with Crippen LogP contribution in [0.3, 0.4) is 0 Å². The van der Waals surface area contributed by atoms with Crippen LogP contribution in [-0.4, -0.2) is 55.6 Å². The number of sulfonamides is 1. The summed E-state index contributed by atoms with van der Waals surface area (Å²) in [6, 6.07) is 16.2. The third-order valence-corrected chi connectivity index (χ3v) is 7.57. The van der Waals surface area contributed by atoms with Crippen molar-refractivity contribution in [1.29, 1.82) is 0 Å². The molecule has 2 N–H and O–H groups in total. The van der Waals surface area contributed by atoms with Crippen LogP contribution in [0.15, 0.2) is 59.5 Å². The Balaban J connectivity index is 1.76. The minimum absolute atomic E-state index is 0.173. The number of piperidine rings is 1. The zero-order valence-corrected chi connectivity index (χ0v) is 18.6. The zero-order chi connectivity index (χ0) is 22.4. The second kappa shape index (κ2) is 10.1. The Kier molecular flexibility index (Phi) is 7.46. The largest absolute Gasteiger partial charge is 0.369 e. The molecule has 1 aliphatic heterocycles. The van der Waals surface area contributed by atoms with Gasteiger partial charge in [0.15, 0.2) is 0 Å². The molecular formula is C23H29N3O4S. The van der Waals surface area contributed by atoms with E-state index in [1.807, 2.05) is 37.3 Å². The zero-order valence-electron chi connectivity index (χ0n) is 17.7. The Morgan fingerprint density at radius 2 is 1.65 bits per heavy atom. The summed E-state index contributed by atoms with van der Waals surface area (Å²) in [4.78, 5) is 26.1. The standard InChI is InChI=1S/C23H29N3O4S/c1-18-7-9-21(10-8-18)31(29,30)26(16-11-19-5-3-2-4-6-19)17-22(27)25-14-12-20(13-15-25)23(24)28/h2-10,20H,11-17H2,1H3,(H2,24,28). The van der Waals surface area contributed by atoms with E-state index >= 15 is 0 Å². The molecule has 0 spiro atoms. The molecule has 31 heavy (non-hydrogen) atoms. The fourth-order valence-electron chi connectivity index (χ4n) is 3.71. The lowest BCUT2D eigenvalue weighted by atomic mass is 9.96. The van der Waals surface area contributed by atoms with Crippen molar-refractivity contribution in [2.45, 2.75) is 31.1 Å². The molecule has 0 radical (unpaired) electrons. The molecule has 2 aromatic carbocycles. The van der Waals surface area contributed by atoms with Gasteiger partial charge in [0.25, 0.3) is 0 Å². The number of nitrogens with two attached hydrogens (primary N) is 1. The maximum Gasteiger partial charge on any atom is 0.243 e. The molecule has 1 aliphatic rings. The number of rotatable bonds is 8. The normalized spacial score (nSPS) is 15.2. The Morgan fingerprint density at radius 1 is 1.03 bits per heavy atom. The summed E-state index contributed by atoms with van der Waals surface area (Å²) in [5.74, 6) is -0.834. The van der Waals surface area contributed by atoms with Gasteiger partial charge >= 0.3 is 0 Å². The second-order valence-corrected chi connectivity index (χ2v) is 9.88. The van der Waals surface area contributed by atoms with Crippen LogP contribution in [0.4, 0.5) is 0 Å². The lowest BCUT2D eigenvalue weighted by Crippen LogP contribution is -2.47. The number of primary amides is 1. The number of likely N-dealkylation sites (tertiary alicyclic amines) is 1. The molecule has 2 amide bonds. The maximum absolute atomic E-state index is 13.3. The van der Waals surface area contributed by atoms with Crippen LogP contribution in [-0.2, 0) is 26.0 Å². The van der Waals surface area contributed by atoms with Crippen LogP contribution in [0.1, 0.15) is 24.0 Å². The Bertz CT molecular complexity index is 999. The first kappa shape index (κ1) is 23.0. The van der Waals surface area contributed by atoms with Crippen LogP contribution in [0, 0.1) is 12.8 Å². The Morgan fingerprint density at radius 3 is 2.23 bits per heavy atom. The smallest absolute Gasteiger partial charge is 0.243 e. The van der Waals surface area contributed by atoms with E-state index in [2.05, 4.69) is 0 Å². The molecule has 1 fully saturated rings. The molecule has 166 valence electrons. The van der Waals surface area contributed by atoms with Gasteiger partial charge < -0.3 is 10.6 Å². The third-order valence-electron chi connectivity index (χ3n) is 5.71. The van der Waals surface area contributed by atoms with Crippen molar-refractivity contribution in [3.8, 4) is 0 Å². The van der Waals surface area contributed by atoms with Crippen molar-refractivity contribution in [1.82, 2.24) is 9.21 Å². The molecule has 8 heteroatoms. The SMILES string of the molecule is Cc1ccc(S(=O)(=O)N(CCc2ccccc2)CC(=O)N2CCC(C(N)=O)CC2)cc1. The van der Waals surface area contributed by atoms with Gasteiger partial charge in [-0.05, 0) is 43.9 Å². The van der Waals surface area contributed by atoms with E-state index < -0.39 is 10.0 Å². The van der Waals surface area contributed by atoms with Crippen LogP contribution >= 0.6 is 0 Å². The number of hydrogen-bond donors (Lipinski definition) is 1. The molecule has 0 bridgehead atoms. The highest BCUT2D eigenvalue weighted by molar-refractivity contribution is 7.89. The summed E-state index contributed by atoms with van der Waals surface area (Å²) >= 11 is 0. The molecule has 0 unspecified atom stereocenters. The predicted octanol–water partition coefficient (Wildman–Crippen LogP) is 1.95. The summed E-state index contributed by atoms with van der Waals surface area (Å²) in [7, 11) is -3.83. The minimum Gasteiger partial charge on any atom is -0.369 e. The van der Waals surface area contributed by atoms with Gasteiger partial charge in [-0.25, -0.2) is 8.42 Å². The van der Waals surface area contributed by atoms with Gasteiger partial charge in [0.2, 0.25) is 21.8 Å². The lowest BCUT2D eigenvalue weighted by Gasteiger charge is -2.32. The Labute approximate surface area is 183 Å². The fraction of sp³-hybridized carbons (Fsp3) is 0.391. The number of amides is 2. The van der Waals surface area contributed by atoms with Gasteiger partial charge in [-0.1, -0.05) is 48.0 Å². The topological polar surface area (TPSA) is 101 Å². The first-order valence-corrected chi connectivity index (χ1v) is 11.9. The maximum atomic E-state index is 13.3. The molecule has 1 saturated heterocycles. The highest BCUT2D eigenvalue weighted by Gasteiger charge is 2.31. The van der Waals surface area contributed by atoms with Crippen molar-refractivity contribution in [2.24, 2.45) is 11.7 Å². The average molecular weight is 444 g/mol. The van der Waals surface area contributed by atoms with Crippen LogP contribution in [0.5, 0.6) is 0 Å². The first-order chi connectivity index (χ1) is 14.8. The number of benzene rings is 2. The first-order valence-electron chi connectivity index (χ1n) is 10.4. The molecule has 1 heterocycles. The summed E-state index contributed by atoms with van der Waals surface area (Å²) in [6.07, 6.45) is 1.52. The number of hydrogen-bond acceptors (Lipinski definition) is 4. The van der Waals surface area contributed by atoms with Gasteiger partial charge in [0.05, 0.1) is 11.4 Å². The van der Waals surface area contributed by atoms with Gasteiger partial charge in [-0.15, -0.1) is 0 Å². The third kappa shape index (κ3) is 5.92. The highest BCUT2D eigenvalue weighted by Crippen LogP contribution is 2.20. The van der Waals surface area contributed by atoms with E-state index in [4.69, 9.17) is 5.73 Å². The molecule has 0 aromatic heterocycles. The number of nitrogens with zero attached hydrogens (tertiary/aromatic N) is 2. The Hall–Kier alpha value is -2.71. The summed E-state index contributed by atoms with van der Waals surface area (Å²) in [5, 5.41) is 0. The van der Waals surface area contributed by atoms with Crippen molar-refractivity contribution < 1.29 is 18.0 Å². The van der Waals surface area contributed by atoms with E-state index in [9.17, 15) is 18.0 Å². The number of aryl methyl sites for hydroxylation is 1. The van der Waals surface area contributed by atoms with E-state index in [1.165, 1.54) is 4.31 Å². The molecule has 3 rings (SSSR count). The van der Waals surface area contributed by atoms with Gasteiger partial charge in [-0.3, -0.25) is 9.59 Å². The number of carbonyl (C=O) groups excluding carboxylic acids is 2. The highest BCUT2D eigenvalue weighted by atomic mass is 32.2. The predicted molar refractivity (Wildman–Crippen MR) is 119 cm³/mol. The van der Waals surface area contributed by atoms with Crippen LogP contribution in [0.25, 0.3) is 0 Å². The van der Waals surface area contributed by atoms with E-state index in [1.54, 1.807) is 29.2 Å². The molecule has 0 atom stereocenters. The van der Waals surface area contributed by atoms with Crippen molar-refractivity contribution in [3.63, 3.8) is 0 Å². The molecule has 2 aromatic rings. The fourth-order valence-corrected chi connectivity index (χ4v) is 5.10. The van der Waals surface area contributed by atoms with Gasteiger partial charge in [0, 0.05) is 25.6 Å². The molecule has 0 aliphatic carbocycles. The lowest BCUT2D eigenvalue weighted by molar-refractivity contribution is -0.135. The van der Waals surface area contributed by atoms with Crippen LogP contribution in [0.2, 0.25) is 0 Å². The number of carbonyl (C=O) groups is 2. The molecular weight excluding hydrogens is 414 g/mol. The van der Waals surface area contributed by atoms with Crippen molar-refractivity contribution in [2.75, 3.05) is 26.2 Å². The molecule has 0 saturated carbocycles. The van der Waals surface area contributed by atoms with Crippen LogP contribution < -0.4 is 5.73 Å². The average Bonchev–Trinajstić information content (AvgIpc) is 2.77. The summed E-state index contributed by atoms with van der Waals surface area (Å²) in [6.45, 7) is 2.67. The molecule has 7 nitrogen and oxygen atoms in total. The van der Waals surface area contributed by atoms with Crippen molar-refractivity contribution in [3.05, 3.63) is 65.7 Å². The quantitative estimate of drug-likeness (QED) is 0.674. The van der Waals surface area contributed by atoms with Crippen molar-refractivity contribution >= 4 is 21.8 Å². The monoisotopic (exact) mass is 443 g/mol. The van der Waals surface area contributed by atoms with Gasteiger partial charge in [-0.2, -0.15) is 4.31 Å². The minimum atomic E-state index is -3.83. The summed E-state index contributed by atoms with van der Waals surface area (Å²) in [5.41, 5.74) is 7.33. The summed E-state index contributed by atoms with van der Waals surface area (Å²) < 4.78 is 27.9. The van der Waals surface area contributed by atoms with E-state index in [-0.39, 0.29) is 35.7 Å². The van der Waals surface area contributed by atoms with Gasteiger partial charge in [0.1, 0.15) is 0 Å². The van der Waals surface area contributed by atoms with E-state index in [0.29, 0.717) is 32.4 Å².